The second-order valence-electron chi connectivity index (χ2n) is 6.70. The number of nitrogens with zero attached hydrogens (tertiary/aromatic N) is 2. The number of hydrogen-bond acceptors (Lipinski definition) is 7. The number of nitro benzene ring substituents is 1. The smallest absolute Gasteiger partial charge is 0.343 e. The zero-order chi connectivity index (χ0) is 24.7. The summed E-state index contributed by atoms with van der Waals surface area (Å²) in [7, 11) is 1.36. The number of anilines is 1. The number of nitriles is 1. The van der Waals surface area contributed by atoms with Crippen LogP contribution in [0.25, 0.3) is 6.08 Å². The summed E-state index contributed by atoms with van der Waals surface area (Å²) in [6, 6.07) is 18.7. The molecule has 0 radical (unpaired) electrons. The van der Waals surface area contributed by atoms with Crippen LogP contribution < -0.4 is 14.8 Å². The summed E-state index contributed by atoms with van der Waals surface area (Å²) in [5.74, 6) is -1.14. The Morgan fingerprint density at radius 3 is 2.50 bits per heavy atom. The van der Waals surface area contributed by atoms with Crippen molar-refractivity contribution < 1.29 is 24.0 Å². The Labute approximate surface area is 202 Å². The van der Waals surface area contributed by atoms with E-state index in [2.05, 4.69) is 21.2 Å². The van der Waals surface area contributed by atoms with Crippen LogP contribution in [0.2, 0.25) is 0 Å². The number of methoxy groups -OCH3 is 1. The second-order valence-corrected chi connectivity index (χ2v) is 7.62. The van der Waals surface area contributed by atoms with Crippen molar-refractivity contribution in [3.8, 4) is 17.6 Å². The SMILES string of the molecule is COc1ccc(NC(=O)/C(C#N)=C/c2cc(Br)ccc2OC(=O)c2ccccc2)c([N+](=O)[O-])c1. The summed E-state index contributed by atoms with van der Waals surface area (Å²) >= 11 is 3.31. The minimum Gasteiger partial charge on any atom is -0.496 e. The molecule has 0 aliphatic heterocycles. The van der Waals surface area contributed by atoms with E-state index in [1.54, 1.807) is 48.5 Å². The fourth-order valence-electron chi connectivity index (χ4n) is 2.85. The van der Waals surface area contributed by atoms with Crippen LogP contribution in [-0.4, -0.2) is 23.9 Å². The van der Waals surface area contributed by atoms with Crippen LogP contribution in [0.3, 0.4) is 0 Å². The number of carbonyl (C=O) groups is 2. The number of ether oxygens (including phenoxy) is 2. The summed E-state index contributed by atoms with van der Waals surface area (Å²) < 4.78 is 11.0. The van der Waals surface area contributed by atoms with Crippen molar-refractivity contribution in [1.82, 2.24) is 0 Å². The first-order chi connectivity index (χ1) is 16.3. The number of amides is 1. The standard InChI is InChI=1S/C24H16BrN3O6/c1-33-19-8-9-20(21(13-19)28(31)32)27-23(29)17(14-26)11-16-12-18(25)7-10-22(16)34-24(30)15-5-3-2-4-6-15/h2-13H,1H3,(H,27,29)/b17-11+. The average Bonchev–Trinajstić information content (AvgIpc) is 2.84. The van der Waals surface area contributed by atoms with Crippen molar-refractivity contribution in [1.29, 1.82) is 5.26 Å². The van der Waals surface area contributed by atoms with E-state index in [1.807, 2.05) is 0 Å². The van der Waals surface area contributed by atoms with E-state index >= 15 is 0 Å². The maximum Gasteiger partial charge on any atom is 0.343 e. The lowest BCUT2D eigenvalue weighted by molar-refractivity contribution is -0.384. The van der Waals surface area contributed by atoms with Crippen LogP contribution >= 0.6 is 15.9 Å². The van der Waals surface area contributed by atoms with E-state index in [-0.39, 0.29) is 28.3 Å². The molecule has 170 valence electrons. The van der Waals surface area contributed by atoms with E-state index in [1.165, 1.54) is 31.4 Å². The van der Waals surface area contributed by atoms with Gasteiger partial charge in [0.25, 0.3) is 11.6 Å². The summed E-state index contributed by atoms with van der Waals surface area (Å²) in [5.41, 5.74) is -0.271. The van der Waals surface area contributed by atoms with Crippen LogP contribution in [0.5, 0.6) is 11.5 Å². The fourth-order valence-corrected chi connectivity index (χ4v) is 3.23. The molecule has 0 fully saturated rings. The van der Waals surface area contributed by atoms with Crippen molar-refractivity contribution in [2.75, 3.05) is 12.4 Å². The predicted octanol–water partition coefficient (Wildman–Crippen LogP) is 5.13. The third kappa shape index (κ3) is 5.85. The molecule has 0 aliphatic rings. The average molecular weight is 522 g/mol. The van der Waals surface area contributed by atoms with Gasteiger partial charge in [0.05, 0.1) is 23.7 Å². The molecule has 0 bridgehead atoms. The highest BCUT2D eigenvalue weighted by molar-refractivity contribution is 9.10. The van der Waals surface area contributed by atoms with Gasteiger partial charge in [0.1, 0.15) is 28.8 Å². The number of rotatable bonds is 7. The van der Waals surface area contributed by atoms with Gasteiger partial charge < -0.3 is 14.8 Å². The minimum absolute atomic E-state index is 0.109. The molecule has 0 saturated carbocycles. The van der Waals surface area contributed by atoms with Gasteiger partial charge in [0.15, 0.2) is 0 Å². The van der Waals surface area contributed by atoms with Crippen LogP contribution in [0, 0.1) is 21.4 Å². The number of benzene rings is 3. The molecule has 0 aliphatic carbocycles. The number of carbonyl (C=O) groups excluding carboxylic acids is 2. The Morgan fingerprint density at radius 2 is 1.85 bits per heavy atom. The van der Waals surface area contributed by atoms with Crippen LogP contribution in [0.1, 0.15) is 15.9 Å². The maximum atomic E-state index is 12.7. The van der Waals surface area contributed by atoms with Gasteiger partial charge in [-0.1, -0.05) is 34.1 Å². The normalized spacial score (nSPS) is 10.7. The summed E-state index contributed by atoms with van der Waals surface area (Å²) in [5, 5.41) is 23.3. The molecule has 1 N–H and O–H groups in total. The largest absolute Gasteiger partial charge is 0.496 e. The molecule has 3 rings (SSSR count). The Morgan fingerprint density at radius 1 is 1.12 bits per heavy atom. The lowest BCUT2D eigenvalue weighted by atomic mass is 10.1. The van der Waals surface area contributed by atoms with Crippen LogP contribution in [0.4, 0.5) is 11.4 Å². The molecule has 0 unspecified atom stereocenters. The Kier molecular flexibility index (Phi) is 7.74. The maximum absolute atomic E-state index is 12.7. The highest BCUT2D eigenvalue weighted by atomic mass is 79.9. The lowest BCUT2D eigenvalue weighted by Crippen LogP contribution is -2.15. The number of nitro groups is 1. The zero-order valence-electron chi connectivity index (χ0n) is 17.7. The molecule has 0 saturated heterocycles. The molecular formula is C24H16BrN3O6. The molecule has 9 nitrogen and oxygen atoms in total. The first-order valence-electron chi connectivity index (χ1n) is 9.64. The van der Waals surface area contributed by atoms with Gasteiger partial charge in [-0.05, 0) is 48.5 Å². The van der Waals surface area contributed by atoms with Crippen LogP contribution in [-0.2, 0) is 4.79 Å². The highest BCUT2D eigenvalue weighted by Gasteiger charge is 2.20. The zero-order valence-corrected chi connectivity index (χ0v) is 19.2. The molecular weight excluding hydrogens is 506 g/mol. The third-order valence-electron chi connectivity index (χ3n) is 4.50. The first kappa shape index (κ1) is 24.2. The van der Waals surface area contributed by atoms with Crippen molar-refractivity contribution in [3.63, 3.8) is 0 Å². The van der Waals surface area contributed by atoms with Gasteiger partial charge in [-0.3, -0.25) is 14.9 Å². The topological polar surface area (TPSA) is 132 Å². The quantitative estimate of drug-likeness (QED) is 0.114. The third-order valence-corrected chi connectivity index (χ3v) is 4.99. The molecule has 0 atom stereocenters. The molecule has 34 heavy (non-hydrogen) atoms. The Balaban J connectivity index is 1.92. The van der Waals surface area contributed by atoms with Gasteiger partial charge in [-0.25, -0.2) is 4.79 Å². The summed E-state index contributed by atoms with van der Waals surface area (Å²) in [6.45, 7) is 0. The molecule has 1 amide bonds. The summed E-state index contributed by atoms with van der Waals surface area (Å²) in [6.07, 6.45) is 1.23. The number of nitrogens with one attached hydrogen (secondary N) is 1. The molecule has 3 aromatic carbocycles. The number of halogens is 1. The summed E-state index contributed by atoms with van der Waals surface area (Å²) in [4.78, 5) is 35.9. The highest BCUT2D eigenvalue weighted by Crippen LogP contribution is 2.30. The van der Waals surface area contributed by atoms with E-state index in [4.69, 9.17) is 9.47 Å². The van der Waals surface area contributed by atoms with Gasteiger partial charge >= 0.3 is 5.97 Å². The minimum atomic E-state index is -0.879. The van der Waals surface area contributed by atoms with E-state index in [9.17, 15) is 25.0 Å². The Bertz CT molecular complexity index is 1330. The van der Waals surface area contributed by atoms with Gasteiger partial charge in [0.2, 0.25) is 0 Å². The van der Waals surface area contributed by atoms with E-state index in [0.29, 0.717) is 10.0 Å². The van der Waals surface area contributed by atoms with E-state index in [0.717, 1.165) is 6.07 Å². The Hall–Kier alpha value is -4.49. The van der Waals surface area contributed by atoms with Gasteiger partial charge in [0, 0.05) is 10.0 Å². The predicted molar refractivity (Wildman–Crippen MR) is 127 cm³/mol. The molecule has 0 aromatic heterocycles. The van der Waals surface area contributed by atoms with Gasteiger partial charge in [-0.2, -0.15) is 5.26 Å². The van der Waals surface area contributed by atoms with Crippen LogP contribution in [0.15, 0.2) is 76.8 Å². The lowest BCUT2D eigenvalue weighted by Gasteiger charge is -2.10. The van der Waals surface area contributed by atoms with Crippen molar-refractivity contribution in [2.45, 2.75) is 0 Å². The number of hydrogen-bond donors (Lipinski definition) is 1. The van der Waals surface area contributed by atoms with Crippen molar-refractivity contribution in [3.05, 3.63) is 98.0 Å². The first-order valence-corrected chi connectivity index (χ1v) is 10.4. The number of esters is 1. The molecule has 0 heterocycles. The van der Waals surface area contributed by atoms with Crippen molar-refractivity contribution >= 4 is 45.3 Å². The molecule has 3 aromatic rings. The fraction of sp³-hybridized carbons (Fsp3) is 0.0417. The van der Waals surface area contributed by atoms with Crippen molar-refractivity contribution in [2.24, 2.45) is 0 Å². The van der Waals surface area contributed by atoms with E-state index < -0.39 is 22.5 Å². The van der Waals surface area contributed by atoms with Gasteiger partial charge in [-0.15, -0.1) is 0 Å². The molecule has 0 spiro atoms. The molecule has 10 heteroatoms. The monoisotopic (exact) mass is 521 g/mol. The second kappa shape index (κ2) is 10.9.